The fourth-order valence-electron chi connectivity index (χ4n) is 6.67. The van der Waals surface area contributed by atoms with E-state index in [1.807, 2.05) is 65.8 Å². The summed E-state index contributed by atoms with van der Waals surface area (Å²) in [7, 11) is -3.93. The van der Waals surface area contributed by atoms with E-state index in [1.165, 1.54) is 0 Å². The predicted molar refractivity (Wildman–Crippen MR) is 164 cm³/mol. The Morgan fingerprint density at radius 1 is 0.700 bits per heavy atom. The predicted octanol–water partition coefficient (Wildman–Crippen LogP) is 8.61. The van der Waals surface area contributed by atoms with Crippen LogP contribution in [0.4, 0.5) is 0 Å². The third-order valence-electron chi connectivity index (χ3n) is 8.58. The van der Waals surface area contributed by atoms with Gasteiger partial charge in [-0.2, -0.15) is 4.31 Å². The van der Waals surface area contributed by atoms with Crippen LogP contribution in [0.25, 0.3) is 11.1 Å². The van der Waals surface area contributed by atoms with Crippen molar-refractivity contribution in [2.75, 3.05) is 0 Å². The molecule has 2 aliphatic rings. The minimum atomic E-state index is -3.93. The molecule has 1 aliphatic heterocycles. The molecule has 6 rings (SSSR count). The summed E-state index contributed by atoms with van der Waals surface area (Å²) in [5.41, 5.74) is 6.29. The Bertz CT molecular complexity index is 1630. The van der Waals surface area contributed by atoms with E-state index in [2.05, 4.69) is 48.5 Å². The van der Waals surface area contributed by atoms with Crippen molar-refractivity contribution < 1.29 is 8.42 Å². The van der Waals surface area contributed by atoms with E-state index >= 15 is 0 Å². The Labute approximate surface area is 238 Å². The zero-order valence-corrected chi connectivity index (χ0v) is 23.8. The molecular weight excluding hydrogens is 510 g/mol. The van der Waals surface area contributed by atoms with Crippen molar-refractivity contribution in [1.29, 1.82) is 0 Å². The molecule has 0 radical (unpaired) electrons. The van der Waals surface area contributed by atoms with Crippen LogP contribution in [0.1, 0.15) is 60.4 Å². The van der Waals surface area contributed by atoms with Crippen LogP contribution in [-0.2, 0) is 10.0 Å². The molecule has 1 atom stereocenters. The van der Waals surface area contributed by atoms with Crippen molar-refractivity contribution in [2.24, 2.45) is 0 Å². The standard InChI is InChI=1S/C36H35NO2S/c1-27-21-23-32(24-22-27)40(38,39)37-35(31-19-11-5-12-20-31)34(30-17-9-4-10-18-30)33(29-15-7-3-8-16-29)28(2)36(37)25-13-6-14-26-36/h3-5,7-12,15-24,35H,2,6,13-14,25-26H2,1H3. The zero-order valence-electron chi connectivity index (χ0n) is 23.0. The van der Waals surface area contributed by atoms with Crippen LogP contribution >= 0.6 is 0 Å². The molecule has 4 heteroatoms. The third kappa shape index (κ3) is 4.46. The van der Waals surface area contributed by atoms with Crippen LogP contribution in [-0.4, -0.2) is 18.3 Å². The molecule has 1 fully saturated rings. The Morgan fingerprint density at radius 3 is 1.80 bits per heavy atom. The second kappa shape index (κ2) is 10.7. The van der Waals surface area contributed by atoms with Gasteiger partial charge in [0, 0.05) is 0 Å². The van der Waals surface area contributed by atoms with Gasteiger partial charge in [-0.05, 0) is 65.3 Å². The van der Waals surface area contributed by atoms with Crippen LogP contribution < -0.4 is 0 Å². The smallest absolute Gasteiger partial charge is 0.207 e. The highest BCUT2D eigenvalue weighted by atomic mass is 32.2. The summed E-state index contributed by atoms with van der Waals surface area (Å²) in [4.78, 5) is 0.326. The van der Waals surface area contributed by atoms with Gasteiger partial charge in [-0.25, -0.2) is 8.42 Å². The second-order valence-electron chi connectivity index (χ2n) is 11.0. The summed E-state index contributed by atoms with van der Waals surface area (Å²) in [6, 6.07) is 37.6. The molecule has 0 aromatic heterocycles. The quantitative estimate of drug-likeness (QED) is 0.252. The highest BCUT2D eigenvalue weighted by Crippen LogP contribution is 2.58. The first kappa shape index (κ1) is 26.5. The first-order valence-corrected chi connectivity index (χ1v) is 15.6. The number of hydrogen-bond donors (Lipinski definition) is 0. The molecular formula is C36H35NO2S. The van der Waals surface area contributed by atoms with E-state index in [0.717, 1.165) is 71.1 Å². The van der Waals surface area contributed by atoms with E-state index in [-0.39, 0.29) is 0 Å². The molecule has 1 heterocycles. The average molecular weight is 546 g/mol. The molecule has 202 valence electrons. The Hall–Kier alpha value is -3.73. The number of aryl methyl sites for hydroxylation is 1. The molecule has 0 bridgehead atoms. The van der Waals surface area contributed by atoms with Crippen molar-refractivity contribution in [2.45, 2.75) is 55.5 Å². The number of sulfonamides is 1. The maximum absolute atomic E-state index is 15.0. The summed E-state index contributed by atoms with van der Waals surface area (Å²) in [5.74, 6) is 0. The van der Waals surface area contributed by atoms with Crippen LogP contribution in [0.3, 0.4) is 0 Å². The third-order valence-corrected chi connectivity index (χ3v) is 10.5. The van der Waals surface area contributed by atoms with Crippen LogP contribution in [0, 0.1) is 6.92 Å². The van der Waals surface area contributed by atoms with Gasteiger partial charge in [0.1, 0.15) is 0 Å². The van der Waals surface area contributed by atoms with Gasteiger partial charge in [0.25, 0.3) is 0 Å². The molecule has 0 N–H and O–H groups in total. The largest absolute Gasteiger partial charge is 0.244 e. The first-order chi connectivity index (χ1) is 19.4. The lowest BCUT2D eigenvalue weighted by atomic mass is 9.67. The van der Waals surface area contributed by atoms with Crippen LogP contribution in [0.5, 0.6) is 0 Å². The Balaban J connectivity index is 1.74. The van der Waals surface area contributed by atoms with Crippen molar-refractivity contribution in [3.63, 3.8) is 0 Å². The molecule has 1 aliphatic carbocycles. The molecule has 0 saturated heterocycles. The Morgan fingerprint density at radius 2 is 1.23 bits per heavy atom. The summed E-state index contributed by atoms with van der Waals surface area (Å²) in [6.45, 7) is 6.74. The zero-order chi connectivity index (χ0) is 27.7. The van der Waals surface area contributed by atoms with Gasteiger partial charge in [0.15, 0.2) is 0 Å². The van der Waals surface area contributed by atoms with Crippen LogP contribution in [0.15, 0.2) is 132 Å². The summed E-state index contributed by atoms with van der Waals surface area (Å²) >= 11 is 0. The highest BCUT2D eigenvalue weighted by Gasteiger charge is 2.55. The number of hydrogen-bond acceptors (Lipinski definition) is 2. The molecule has 40 heavy (non-hydrogen) atoms. The van der Waals surface area contributed by atoms with Gasteiger partial charge in [-0.3, -0.25) is 0 Å². The molecule has 1 saturated carbocycles. The van der Waals surface area contributed by atoms with Gasteiger partial charge in [-0.15, -0.1) is 0 Å². The van der Waals surface area contributed by atoms with Crippen molar-refractivity contribution in [1.82, 2.24) is 4.31 Å². The minimum Gasteiger partial charge on any atom is -0.207 e. The van der Waals surface area contributed by atoms with Crippen molar-refractivity contribution >= 4 is 21.2 Å². The van der Waals surface area contributed by atoms with Crippen LogP contribution in [0.2, 0.25) is 0 Å². The molecule has 1 spiro atoms. The normalized spacial score (nSPS) is 19.6. The van der Waals surface area contributed by atoms with E-state index in [4.69, 9.17) is 6.58 Å². The molecule has 1 unspecified atom stereocenters. The second-order valence-corrected chi connectivity index (χ2v) is 12.8. The van der Waals surface area contributed by atoms with Gasteiger partial charge in [0.2, 0.25) is 10.0 Å². The van der Waals surface area contributed by atoms with Gasteiger partial charge >= 0.3 is 0 Å². The van der Waals surface area contributed by atoms with E-state index < -0.39 is 21.6 Å². The summed E-state index contributed by atoms with van der Waals surface area (Å²) in [5, 5.41) is 0. The maximum atomic E-state index is 15.0. The van der Waals surface area contributed by atoms with Gasteiger partial charge in [0.05, 0.1) is 16.5 Å². The average Bonchev–Trinajstić information content (AvgIpc) is 3.00. The first-order valence-electron chi connectivity index (χ1n) is 14.1. The summed E-state index contributed by atoms with van der Waals surface area (Å²) < 4.78 is 31.8. The molecule has 4 aromatic carbocycles. The number of nitrogens with zero attached hydrogens (tertiary/aromatic N) is 1. The topological polar surface area (TPSA) is 37.4 Å². The highest BCUT2D eigenvalue weighted by molar-refractivity contribution is 7.89. The lowest BCUT2D eigenvalue weighted by Crippen LogP contribution is -2.57. The number of rotatable bonds is 5. The SMILES string of the molecule is C=C1C(c2ccccc2)=C(c2ccccc2)C(c2ccccc2)N(S(=O)(=O)c2ccc(C)cc2)C12CCCCC2. The maximum Gasteiger partial charge on any atom is 0.244 e. The molecule has 0 amide bonds. The fraction of sp³-hybridized carbons (Fsp3) is 0.222. The lowest BCUT2D eigenvalue weighted by Gasteiger charge is -2.54. The van der Waals surface area contributed by atoms with Crippen molar-refractivity contribution in [3.05, 3.63) is 150 Å². The van der Waals surface area contributed by atoms with Gasteiger partial charge in [-0.1, -0.05) is 135 Å². The monoisotopic (exact) mass is 545 g/mol. The lowest BCUT2D eigenvalue weighted by molar-refractivity contribution is 0.146. The van der Waals surface area contributed by atoms with E-state index in [0.29, 0.717) is 4.90 Å². The number of benzene rings is 4. The summed E-state index contributed by atoms with van der Waals surface area (Å²) in [6.07, 6.45) is 4.52. The van der Waals surface area contributed by atoms with Gasteiger partial charge < -0.3 is 0 Å². The van der Waals surface area contributed by atoms with E-state index in [9.17, 15) is 8.42 Å². The fourth-order valence-corrected chi connectivity index (χ4v) is 8.64. The molecule has 3 nitrogen and oxygen atoms in total. The minimum absolute atomic E-state index is 0.326. The molecule has 4 aromatic rings. The van der Waals surface area contributed by atoms with Crippen molar-refractivity contribution in [3.8, 4) is 0 Å². The van der Waals surface area contributed by atoms with E-state index in [1.54, 1.807) is 12.1 Å². The Kier molecular flexibility index (Phi) is 7.07.